The average Bonchev–Trinajstić information content (AvgIpc) is 3.24. The molecule has 1 amide bonds. The standard InChI is InChI=1S/C16H28N2O4.C13H21NO5.C13H23NO3.C7H12O2.CH2Cl2.CH3NO2/c1-12(19)5-8-16(9-6-13(2)20,10-7-14(3)21)18-15(22)11-17-4;1-10(15)4-7-13(14(18)19,8-5-11(2)16)9-6-12(3)17;1-10(15)4-7-13(14,8-5-11(2)16)9-6-12(3)17;1-5-6(8)9-7(2,3)4;2-1-3;1-2(3)4/h17H,5-11H2,1-4H3,(H,18,22);4-9H2,1-3H3;4-9,14H2,1-3H3;5H,1H2,2-4H3;1H2;1H3. The Bertz CT molecular complexity index is 1670. The minimum atomic E-state index is -1.34. The van der Waals surface area contributed by atoms with Gasteiger partial charge in [0.2, 0.25) is 11.4 Å². The molecule has 0 aromatic rings. The summed E-state index contributed by atoms with van der Waals surface area (Å²) in [7, 11) is 2.56. The number of ether oxygens (including phenoxy) is 1. The van der Waals surface area contributed by atoms with Crippen LogP contribution in [0.4, 0.5) is 0 Å². The number of nitro groups is 2. The minimum Gasteiger partial charge on any atom is -0.457 e. The molecule has 0 aliphatic carbocycles. The summed E-state index contributed by atoms with van der Waals surface area (Å²) in [5, 5.41) is 26.0. The monoisotopic (exact) mass is 1100 g/mol. The molecule has 0 bridgehead atoms. The molecule has 0 heterocycles. The molecule has 0 aliphatic rings. The number of hydrogen-bond acceptors (Lipinski definition) is 18. The molecule has 428 valence electrons. The summed E-state index contributed by atoms with van der Waals surface area (Å²) in [5.74, 6) is -0.610. The lowest BCUT2D eigenvalue weighted by Gasteiger charge is -2.35. The number of nitrogens with one attached hydrogen (secondary N) is 2. The summed E-state index contributed by atoms with van der Waals surface area (Å²) in [6.45, 7) is 22.1. The minimum absolute atomic E-state index is 0.0258. The maximum atomic E-state index is 12.0. The van der Waals surface area contributed by atoms with E-state index in [0.717, 1.165) is 13.1 Å². The topological polar surface area (TPSA) is 333 Å². The fraction of sp³-hybridized carbons (Fsp3) is 0.745. The summed E-state index contributed by atoms with van der Waals surface area (Å²) in [6.07, 6.45) is 6.81. The summed E-state index contributed by atoms with van der Waals surface area (Å²) in [4.78, 5) is 142. The molecule has 74 heavy (non-hydrogen) atoms. The highest BCUT2D eigenvalue weighted by atomic mass is 35.5. The Morgan fingerprint density at radius 1 is 0.541 bits per heavy atom. The molecule has 4 N–H and O–H groups in total. The first-order valence-electron chi connectivity index (χ1n) is 24.1. The fourth-order valence-electron chi connectivity index (χ4n) is 6.18. The van der Waals surface area contributed by atoms with Gasteiger partial charge in [-0.1, -0.05) is 6.58 Å². The van der Waals surface area contributed by atoms with Crippen LogP contribution in [-0.4, -0.2) is 122 Å². The van der Waals surface area contributed by atoms with Gasteiger partial charge in [0.1, 0.15) is 57.7 Å². The Morgan fingerprint density at radius 3 is 0.946 bits per heavy atom. The van der Waals surface area contributed by atoms with Crippen LogP contribution in [0.15, 0.2) is 12.7 Å². The predicted octanol–water partition coefficient (Wildman–Crippen LogP) is 7.90. The molecule has 21 nitrogen and oxygen atoms in total. The third kappa shape index (κ3) is 59.6. The zero-order valence-electron chi connectivity index (χ0n) is 46.7. The highest BCUT2D eigenvalue weighted by Crippen LogP contribution is 2.30. The maximum absolute atomic E-state index is 12.0. The number of likely N-dealkylation sites (N-methyl/N-ethyl adjacent to an activating group) is 1. The number of hydrogen-bond donors (Lipinski definition) is 3. The SMILES string of the molecule is C=CC(=O)OC(C)(C)C.CC(=O)CCC(CCC(C)=O)(CCC(C)=O)[N+](=O)[O-].CC(=O)CCC(N)(CCC(C)=O)CCC(C)=O.CNCC(=O)NC(CCC(C)=O)(CCC(C)=O)CCC(C)=O.C[N+](=O)[O-].ClCCl. The number of nitrogens with zero attached hydrogens (tertiary/aromatic N) is 2. The predicted molar refractivity (Wildman–Crippen MR) is 286 cm³/mol. The van der Waals surface area contributed by atoms with E-state index in [0.29, 0.717) is 77.0 Å². The molecule has 0 atom stereocenters. The molecule has 0 radical (unpaired) electrons. The molecule has 0 aromatic heterocycles. The van der Waals surface area contributed by atoms with Crippen LogP contribution < -0.4 is 16.4 Å². The number of ketones is 9. The third-order valence-electron chi connectivity index (χ3n) is 10.3. The van der Waals surface area contributed by atoms with E-state index in [4.69, 9.17) is 43.8 Å². The lowest BCUT2D eigenvalue weighted by atomic mass is 9.82. The van der Waals surface area contributed by atoms with Gasteiger partial charge in [-0.05, 0) is 129 Å². The van der Waals surface area contributed by atoms with Crippen molar-refractivity contribution in [3.05, 3.63) is 32.9 Å². The van der Waals surface area contributed by atoms with Crippen molar-refractivity contribution in [1.29, 1.82) is 0 Å². The van der Waals surface area contributed by atoms with Crippen LogP contribution in [0.25, 0.3) is 0 Å². The average molecular weight is 1100 g/mol. The van der Waals surface area contributed by atoms with Gasteiger partial charge in [0.05, 0.1) is 11.9 Å². The Morgan fingerprint density at radius 2 is 0.770 bits per heavy atom. The van der Waals surface area contributed by atoms with Gasteiger partial charge in [0.15, 0.2) is 7.05 Å². The van der Waals surface area contributed by atoms with Crippen LogP contribution in [0.5, 0.6) is 0 Å². The second kappa shape index (κ2) is 45.4. The Hall–Kier alpha value is -4.99. The van der Waals surface area contributed by atoms with Crippen molar-refractivity contribution < 1.29 is 67.3 Å². The number of amides is 1. The quantitative estimate of drug-likeness (QED) is 0.0189. The smallest absolute Gasteiger partial charge is 0.330 e. The molecule has 0 fully saturated rings. The van der Waals surface area contributed by atoms with Crippen LogP contribution in [0.1, 0.15) is 199 Å². The van der Waals surface area contributed by atoms with Gasteiger partial charge in [0, 0.05) is 104 Å². The van der Waals surface area contributed by atoms with E-state index in [2.05, 4.69) is 17.2 Å². The lowest BCUT2D eigenvalue weighted by Crippen LogP contribution is -2.51. The van der Waals surface area contributed by atoms with Gasteiger partial charge in [-0.2, -0.15) is 0 Å². The second-order valence-corrected chi connectivity index (χ2v) is 20.1. The first kappa shape index (κ1) is 80.4. The Labute approximate surface area is 449 Å². The van der Waals surface area contributed by atoms with Crippen LogP contribution in [-0.2, 0) is 57.5 Å². The van der Waals surface area contributed by atoms with E-state index in [1.165, 1.54) is 62.3 Å². The third-order valence-corrected chi connectivity index (χ3v) is 10.3. The van der Waals surface area contributed by atoms with E-state index in [-0.39, 0.29) is 114 Å². The molecule has 0 aromatic carbocycles. The summed E-state index contributed by atoms with van der Waals surface area (Å²) < 4.78 is 4.83. The maximum Gasteiger partial charge on any atom is 0.330 e. The number of carbonyl (C=O) groups excluding carboxylic acids is 11. The Balaban J connectivity index is -0.000000205. The van der Waals surface area contributed by atoms with Crippen molar-refractivity contribution in [2.24, 2.45) is 5.73 Å². The van der Waals surface area contributed by atoms with E-state index in [1.54, 1.807) is 7.05 Å². The molecule has 0 unspecified atom stereocenters. The summed E-state index contributed by atoms with van der Waals surface area (Å²) in [5.41, 5.74) is 3.19. The van der Waals surface area contributed by atoms with Crippen molar-refractivity contribution in [3.8, 4) is 0 Å². The van der Waals surface area contributed by atoms with Crippen LogP contribution in [0.3, 0.4) is 0 Å². The van der Waals surface area contributed by atoms with Gasteiger partial charge < -0.3 is 64.3 Å². The van der Waals surface area contributed by atoms with Gasteiger partial charge in [-0.15, -0.1) is 23.2 Å². The highest BCUT2D eigenvalue weighted by Gasteiger charge is 2.42. The molecule has 0 saturated heterocycles. The van der Waals surface area contributed by atoms with Crippen molar-refractivity contribution in [2.45, 2.75) is 221 Å². The van der Waals surface area contributed by atoms with Crippen molar-refractivity contribution in [3.63, 3.8) is 0 Å². The highest BCUT2D eigenvalue weighted by molar-refractivity contribution is 6.40. The van der Waals surface area contributed by atoms with Crippen molar-refractivity contribution >= 4 is 87.1 Å². The molecule has 0 saturated carbocycles. The zero-order valence-corrected chi connectivity index (χ0v) is 48.2. The zero-order chi connectivity index (χ0) is 59.5. The van der Waals surface area contributed by atoms with E-state index >= 15 is 0 Å². The summed E-state index contributed by atoms with van der Waals surface area (Å²) in [6, 6.07) is 0. The van der Waals surface area contributed by atoms with Crippen LogP contribution >= 0.6 is 23.2 Å². The first-order chi connectivity index (χ1) is 33.7. The lowest BCUT2D eigenvalue weighted by molar-refractivity contribution is -0.573. The van der Waals surface area contributed by atoms with Crippen molar-refractivity contribution in [1.82, 2.24) is 10.6 Å². The van der Waals surface area contributed by atoms with E-state index in [9.17, 15) is 62.9 Å². The van der Waals surface area contributed by atoms with Crippen LogP contribution in [0, 0.1) is 20.2 Å². The number of Topliss-reactive ketones (excluding diaryl/α,β-unsaturated/α-hetero) is 9. The van der Waals surface area contributed by atoms with Gasteiger partial charge in [-0.25, -0.2) is 4.79 Å². The molecular weight excluding hydrogens is 1010 g/mol. The Kier molecular flexibility index (Phi) is 49.3. The number of alkyl halides is 2. The van der Waals surface area contributed by atoms with Crippen LogP contribution in [0.2, 0.25) is 0 Å². The fourth-order valence-corrected chi connectivity index (χ4v) is 6.18. The van der Waals surface area contributed by atoms with Gasteiger partial charge in [-0.3, -0.25) is 25.0 Å². The number of halogens is 2. The molecular formula is C51H89Cl2N5O16. The van der Waals surface area contributed by atoms with Crippen molar-refractivity contribution in [2.75, 3.05) is 26.0 Å². The van der Waals surface area contributed by atoms with Gasteiger partial charge in [0.25, 0.3) is 0 Å². The normalized spacial score (nSPS) is 10.6. The molecule has 0 spiro atoms. The van der Waals surface area contributed by atoms with Gasteiger partial charge >= 0.3 is 5.97 Å². The largest absolute Gasteiger partial charge is 0.457 e. The molecule has 0 aliphatic heterocycles. The molecule has 23 heteroatoms. The second-order valence-electron chi connectivity index (χ2n) is 19.3. The number of nitrogens with two attached hydrogens (primary N) is 1. The summed E-state index contributed by atoms with van der Waals surface area (Å²) >= 11 is 9.53. The van der Waals surface area contributed by atoms with E-state index in [1.807, 2.05) is 20.8 Å². The number of carbonyl (C=O) groups is 11. The van der Waals surface area contributed by atoms with E-state index < -0.39 is 32.1 Å². The number of esters is 1. The first-order valence-corrected chi connectivity index (χ1v) is 25.2. The number of rotatable bonds is 32. The molecule has 0 rings (SSSR count).